The van der Waals surface area contributed by atoms with Crippen LogP contribution in [-0.2, 0) is 24.8 Å². The van der Waals surface area contributed by atoms with Gasteiger partial charge in [-0.15, -0.1) is 0 Å². The first-order valence-corrected chi connectivity index (χ1v) is 8.07. The first kappa shape index (κ1) is 14.9. The molecule has 1 rings (SSSR count). The summed E-state index contributed by atoms with van der Waals surface area (Å²) in [6.45, 7) is 0.0740. The molecule has 1 aromatic rings. The predicted octanol–water partition coefficient (Wildman–Crippen LogP) is -0.278. The molecule has 0 spiro atoms. The van der Waals surface area contributed by atoms with Crippen LogP contribution < -0.4 is 9.86 Å². The summed E-state index contributed by atoms with van der Waals surface area (Å²) in [7, 11) is -5.88. The Balaban J connectivity index is 2.82. The molecule has 0 amide bonds. The van der Waals surface area contributed by atoms with Crippen molar-refractivity contribution in [1.82, 2.24) is 0 Å². The highest BCUT2D eigenvalue weighted by Gasteiger charge is 2.11. The Morgan fingerprint density at radius 1 is 1.17 bits per heavy atom. The fourth-order valence-electron chi connectivity index (χ4n) is 1.14. The van der Waals surface area contributed by atoms with Crippen LogP contribution in [0, 0.1) is 0 Å². The largest absolute Gasteiger partial charge is 0.384 e. The Kier molecular flexibility index (Phi) is 4.68. The number of hydrogen-bond acceptors (Lipinski definition) is 5. The van der Waals surface area contributed by atoms with Crippen LogP contribution >= 0.6 is 0 Å². The second-order valence-electron chi connectivity index (χ2n) is 3.48. The number of hydrogen-bond donors (Lipinski definition) is 2. The van der Waals surface area contributed by atoms with Crippen molar-refractivity contribution in [2.75, 3.05) is 24.2 Å². The van der Waals surface area contributed by atoms with Gasteiger partial charge in [-0.3, -0.25) is 4.72 Å². The molecule has 9 heteroatoms. The van der Waals surface area contributed by atoms with Gasteiger partial charge in [0.05, 0.1) is 17.3 Å². The number of methoxy groups -OCH3 is 1. The van der Waals surface area contributed by atoms with Crippen LogP contribution in [0.5, 0.6) is 0 Å². The second kappa shape index (κ2) is 5.65. The number of benzene rings is 1. The number of nitrogens with one attached hydrogen (secondary N) is 1. The first-order valence-electron chi connectivity index (χ1n) is 4.87. The maximum atomic E-state index is 11.5. The predicted molar refractivity (Wildman–Crippen MR) is 67.1 cm³/mol. The van der Waals surface area contributed by atoms with Gasteiger partial charge in [0.25, 0.3) is 0 Å². The number of anilines is 1. The van der Waals surface area contributed by atoms with Crippen molar-refractivity contribution < 1.29 is 21.6 Å². The van der Waals surface area contributed by atoms with Crippen molar-refractivity contribution in [2.45, 2.75) is 4.90 Å². The third-order valence-electron chi connectivity index (χ3n) is 2.01. The first-order chi connectivity index (χ1) is 8.24. The lowest BCUT2D eigenvalue weighted by Crippen LogP contribution is -2.19. The van der Waals surface area contributed by atoms with E-state index in [9.17, 15) is 16.8 Å². The van der Waals surface area contributed by atoms with Crippen LogP contribution in [0.2, 0.25) is 0 Å². The minimum absolute atomic E-state index is 0.0740. The van der Waals surface area contributed by atoms with Crippen LogP contribution in [0.25, 0.3) is 0 Å². The molecule has 7 nitrogen and oxygen atoms in total. The molecule has 0 atom stereocenters. The topological polar surface area (TPSA) is 116 Å². The van der Waals surface area contributed by atoms with Crippen LogP contribution in [0.4, 0.5) is 5.69 Å². The fourth-order valence-corrected chi connectivity index (χ4v) is 2.64. The minimum Gasteiger partial charge on any atom is -0.384 e. The minimum atomic E-state index is -3.77. The Bertz CT molecular complexity index is 592. The van der Waals surface area contributed by atoms with E-state index in [1.807, 2.05) is 0 Å². The molecule has 0 unspecified atom stereocenters. The van der Waals surface area contributed by atoms with Crippen molar-refractivity contribution >= 4 is 25.7 Å². The van der Waals surface area contributed by atoms with Crippen LogP contribution in [-0.4, -0.2) is 36.3 Å². The number of rotatable bonds is 6. The van der Waals surface area contributed by atoms with Crippen molar-refractivity contribution in [2.24, 2.45) is 5.14 Å². The highest BCUT2D eigenvalue weighted by atomic mass is 32.2. The van der Waals surface area contributed by atoms with Crippen molar-refractivity contribution in [1.29, 1.82) is 0 Å². The summed E-state index contributed by atoms with van der Waals surface area (Å²) in [5.41, 5.74) is 0.263. The zero-order valence-corrected chi connectivity index (χ0v) is 11.3. The Morgan fingerprint density at radius 3 is 2.17 bits per heavy atom. The molecule has 0 saturated carbocycles. The van der Waals surface area contributed by atoms with Gasteiger partial charge in [0.1, 0.15) is 0 Å². The lowest BCUT2D eigenvalue weighted by molar-refractivity contribution is 0.217. The zero-order chi connectivity index (χ0) is 13.8. The molecule has 0 heterocycles. The molecule has 1 aromatic carbocycles. The lowest BCUT2D eigenvalue weighted by atomic mass is 10.3. The number of sulfonamides is 2. The molecule has 0 aromatic heterocycles. The lowest BCUT2D eigenvalue weighted by Gasteiger charge is -2.07. The summed E-state index contributed by atoms with van der Waals surface area (Å²) in [6, 6.07) is 5.10. The summed E-state index contributed by atoms with van der Waals surface area (Å²) < 4.78 is 52.0. The maximum absolute atomic E-state index is 11.5. The van der Waals surface area contributed by atoms with Crippen molar-refractivity contribution in [3.63, 3.8) is 0 Å². The third-order valence-corrected chi connectivity index (χ3v) is 4.19. The summed E-state index contributed by atoms with van der Waals surface area (Å²) in [5, 5.41) is 4.92. The summed E-state index contributed by atoms with van der Waals surface area (Å²) >= 11 is 0. The third kappa shape index (κ3) is 4.61. The van der Waals surface area contributed by atoms with E-state index in [0.717, 1.165) is 0 Å². The average molecular weight is 294 g/mol. The number of ether oxygens (including phenoxy) is 1. The Hall–Kier alpha value is -1.16. The fraction of sp³-hybridized carbons (Fsp3) is 0.333. The van der Waals surface area contributed by atoms with E-state index in [1.165, 1.54) is 31.4 Å². The Labute approximate surface area is 106 Å². The maximum Gasteiger partial charge on any atom is 0.238 e. The summed E-state index contributed by atoms with van der Waals surface area (Å²) in [6.07, 6.45) is 0. The molecule has 3 N–H and O–H groups in total. The van der Waals surface area contributed by atoms with Gasteiger partial charge in [0.2, 0.25) is 20.0 Å². The van der Waals surface area contributed by atoms with Crippen LogP contribution in [0.3, 0.4) is 0 Å². The molecule has 18 heavy (non-hydrogen) atoms. The molecule has 0 bridgehead atoms. The van der Waals surface area contributed by atoms with Crippen LogP contribution in [0.15, 0.2) is 29.2 Å². The highest BCUT2D eigenvalue weighted by Crippen LogP contribution is 2.14. The van der Waals surface area contributed by atoms with E-state index < -0.39 is 20.0 Å². The van der Waals surface area contributed by atoms with Crippen LogP contribution in [0.1, 0.15) is 0 Å². The van der Waals surface area contributed by atoms with Gasteiger partial charge in [0, 0.05) is 12.8 Å². The monoisotopic (exact) mass is 294 g/mol. The Morgan fingerprint density at radius 2 is 1.72 bits per heavy atom. The zero-order valence-electron chi connectivity index (χ0n) is 9.66. The van der Waals surface area contributed by atoms with Gasteiger partial charge in [-0.2, -0.15) is 0 Å². The molecule has 102 valence electrons. The van der Waals surface area contributed by atoms with Gasteiger partial charge < -0.3 is 4.74 Å². The van der Waals surface area contributed by atoms with Gasteiger partial charge in [0.15, 0.2) is 0 Å². The molecular formula is C9H14N2O5S2. The summed E-state index contributed by atoms with van der Waals surface area (Å²) in [5.74, 6) is -0.180. The van der Waals surface area contributed by atoms with Crippen molar-refractivity contribution in [3.8, 4) is 0 Å². The van der Waals surface area contributed by atoms with E-state index in [4.69, 9.17) is 5.14 Å². The smallest absolute Gasteiger partial charge is 0.238 e. The van der Waals surface area contributed by atoms with Gasteiger partial charge >= 0.3 is 0 Å². The second-order valence-corrected chi connectivity index (χ2v) is 6.89. The summed E-state index contributed by atoms with van der Waals surface area (Å²) in [4.78, 5) is -0.0812. The molecule has 0 aliphatic heterocycles. The molecule has 0 aliphatic rings. The van der Waals surface area contributed by atoms with E-state index in [2.05, 4.69) is 9.46 Å². The number of nitrogens with two attached hydrogens (primary N) is 1. The average Bonchev–Trinajstić information content (AvgIpc) is 2.25. The van der Waals surface area contributed by atoms with Gasteiger partial charge in [-0.05, 0) is 24.3 Å². The quantitative estimate of drug-likeness (QED) is 0.748. The standard InChI is InChI=1S/C9H14N2O5S2/c1-16-6-7-17(12,13)11-8-2-4-9(5-3-8)18(10,14)15/h2-5,11H,6-7H2,1H3,(H2,10,14,15). The van der Waals surface area contributed by atoms with E-state index in [0.29, 0.717) is 0 Å². The van der Waals surface area contributed by atoms with E-state index >= 15 is 0 Å². The van der Waals surface area contributed by atoms with Gasteiger partial charge in [-0.1, -0.05) is 0 Å². The number of primary sulfonamides is 1. The van der Waals surface area contributed by atoms with E-state index in [-0.39, 0.29) is 22.9 Å². The van der Waals surface area contributed by atoms with Crippen molar-refractivity contribution in [3.05, 3.63) is 24.3 Å². The molecule has 0 saturated heterocycles. The highest BCUT2D eigenvalue weighted by molar-refractivity contribution is 7.92. The molecular weight excluding hydrogens is 280 g/mol. The molecule has 0 fully saturated rings. The normalized spacial score (nSPS) is 12.3. The van der Waals surface area contributed by atoms with Gasteiger partial charge in [-0.25, -0.2) is 22.0 Å². The molecule has 0 aliphatic carbocycles. The molecule has 0 radical (unpaired) electrons. The van der Waals surface area contributed by atoms with E-state index in [1.54, 1.807) is 0 Å². The SMILES string of the molecule is COCCS(=O)(=O)Nc1ccc(S(N)(=O)=O)cc1.